The molecule has 1 atom stereocenters. The van der Waals surface area contributed by atoms with E-state index in [1.54, 1.807) is 51.7 Å². The third-order valence-corrected chi connectivity index (χ3v) is 7.23. The van der Waals surface area contributed by atoms with Gasteiger partial charge >= 0.3 is 12.2 Å². The van der Waals surface area contributed by atoms with Crippen LogP contribution in [0.2, 0.25) is 0 Å². The molecule has 1 heterocycles. The fourth-order valence-electron chi connectivity index (χ4n) is 5.20. The van der Waals surface area contributed by atoms with Crippen molar-refractivity contribution in [1.82, 2.24) is 16.0 Å². The lowest BCUT2D eigenvalue weighted by atomic mass is 9.99. The number of ether oxygens (including phenoxy) is 2. The van der Waals surface area contributed by atoms with E-state index in [1.807, 2.05) is 60.7 Å². The fraction of sp³-hybridized carbons (Fsp3) is 0.371. The Bertz CT molecular complexity index is 1540. The standard InChI is InChI=1S/C35H42N4O6/c1-34(2,3)45-33(43)38-35(4,5)21-30(40)37-27-20-19-25-11-7-9-13-28(25)39(31(27)41)22-23-15-17-24(18-16-23)26-12-8-10-14-29(26)44-32(42)36-6/h7-18,27H,19-22H2,1-6H3,(H,36,42)(H,37,40)(H,38,43)/t27-/m1/s1. The van der Waals surface area contributed by atoms with E-state index in [0.29, 0.717) is 25.1 Å². The van der Waals surface area contributed by atoms with Crippen LogP contribution in [-0.2, 0) is 27.3 Å². The molecule has 1 aliphatic rings. The number of carbonyl (C=O) groups excluding carboxylic acids is 4. The number of fused-ring (bicyclic) bond motifs is 1. The van der Waals surface area contributed by atoms with E-state index >= 15 is 0 Å². The second-order valence-electron chi connectivity index (χ2n) is 12.7. The Kier molecular flexibility index (Phi) is 10.2. The Morgan fingerprint density at radius 3 is 2.24 bits per heavy atom. The first-order valence-electron chi connectivity index (χ1n) is 15.0. The molecule has 0 saturated carbocycles. The SMILES string of the molecule is CNC(=O)Oc1ccccc1-c1ccc(CN2C(=O)[C@H](NC(=O)CC(C)(C)NC(=O)OC(C)(C)C)CCc3ccccc32)cc1. The van der Waals surface area contributed by atoms with Gasteiger partial charge in [-0.2, -0.15) is 0 Å². The molecule has 10 heteroatoms. The monoisotopic (exact) mass is 614 g/mol. The molecule has 0 spiro atoms. The minimum absolute atomic E-state index is 0.0322. The molecule has 3 N–H and O–H groups in total. The van der Waals surface area contributed by atoms with Crippen LogP contribution in [0.25, 0.3) is 11.1 Å². The molecule has 0 unspecified atom stereocenters. The number of benzene rings is 3. The summed E-state index contributed by atoms with van der Waals surface area (Å²) >= 11 is 0. The van der Waals surface area contributed by atoms with Gasteiger partial charge in [0.1, 0.15) is 17.4 Å². The number of amides is 4. The summed E-state index contributed by atoms with van der Waals surface area (Å²) < 4.78 is 10.8. The van der Waals surface area contributed by atoms with Gasteiger partial charge in [-0.25, -0.2) is 9.59 Å². The van der Waals surface area contributed by atoms with Crippen molar-refractivity contribution < 1.29 is 28.7 Å². The Hall–Kier alpha value is -4.86. The molecule has 0 fully saturated rings. The smallest absolute Gasteiger partial charge is 0.412 e. The average Bonchev–Trinajstić information content (AvgIpc) is 3.08. The average molecular weight is 615 g/mol. The molecule has 1 aliphatic heterocycles. The van der Waals surface area contributed by atoms with Gasteiger partial charge in [-0.15, -0.1) is 0 Å². The zero-order valence-corrected chi connectivity index (χ0v) is 26.7. The third kappa shape index (κ3) is 9.07. The molecule has 238 valence electrons. The lowest BCUT2D eigenvalue weighted by Gasteiger charge is -2.29. The summed E-state index contributed by atoms with van der Waals surface area (Å²) in [5.74, 6) is -0.119. The number of hydrogen-bond acceptors (Lipinski definition) is 6. The highest BCUT2D eigenvalue weighted by atomic mass is 16.6. The highest BCUT2D eigenvalue weighted by Crippen LogP contribution is 2.32. The minimum atomic E-state index is -0.894. The summed E-state index contributed by atoms with van der Waals surface area (Å²) in [4.78, 5) is 53.0. The predicted molar refractivity (Wildman–Crippen MR) is 173 cm³/mol. The molecular formula is C35H42N4O6. The van der Waals surface area contributed by atoms with Gasteiger partial charge in [0.05, 0.1) is 6.54 Å². The number of carbonyl (C=O) groups is 4. The van der Waals surface area contributed by atoms with E-state index in [4.69, 9.17) is 9.47 Å². The highest BCUT2D eigenvalue weighted by Gasteiger charge is 2.33. The van der Waals surface area contributed by atoms with Crippen molar-refractivity contribution in [3.8, 4) is 16.9 Å². The molecule has 0 radical (unpaired) electrons. The Balaban J connectivity index is 1.50. The molecule has 3 aromatic rings. The van der Waals surface area contributed by atoms with Crippen LogP contribution in [0.1, 0.15) is 58.6 Å². The number of nitrogens with one attached hydrogen (secondary N) is 3. The topological polar surface area (TPSA) is 126 Å². The lowest BCUT2D eigenvalue weighted by Crippen LogP contribution is -2.52. The summed E-state index contributed by atoms with van der Waals surface area (Å²) in [7, 11) is 1.50. The van der Waals surface area contributed by atoms with Crippen molar-refractivity contribution in [2.45, 2.75) is 77.6 Å². The zero-order valence-electron chi connectivity index (χ0n) is 26.7. The van der Waals surface area contributed by atoms with Gasteiger partial charge in [-0.3, -0.25) is 9.59 Å². The molecule has 45 heavy (non-hydrogen) atoms. The van der Waals surface area contributed by atoms with E-state index in [-0.39, 0.29) is 18.2 Å². The second-order valence-corrected chi connectivity index (χ2v) is 12.7. The molecule has 0 bridgehead atoms. The van der Waals surface area contributed by atoms with Crippen LogP contribution in [0, 0.1) is 0 Å². The van der Waals surface area contributed by atoms with Crippen molar-refractivity contribution >= 4 is 29.7 Å². The maximum atomic E-state index is 14.0. The zero-order chi connectivity index (χ0) is 32.8. The van der Waals surface area contributed by atoms with Gasteiger partial charge in [-0.05, 0) is 76.3 Å². The van der Waals surface area contributed by atoms with Crippen molar-refractivity contribution in [3.05, 3.63) is 83.9 Å². The fourth-order valence-corrected chi connectivity index (χ4v) is 5.20. The summed E-state index contributed by atoms with van der Waals surface area (Å²) in [5, 5.41) is 8.13. The van der Waals surface area contributed by atoms with Crippen LogP contribution in [0.4, 0.5) is 15.3 Å². The normalized spacial score (nSPS) is 14.9. The number of hydrogen-bond donors (Lipinski definition) is 3. The summed E-state index contributed by atoms with van der Waals surface area (Å²) in [6, 6.07) is 22.0. The minimum Gasteiger partial charge on any atom is -0.444 e. The Morgan fingerprint density at radius 1 is 0.889 bits per heavy atom. The first-order valence-corrected chi connectivity index (χ1v) is 15.0. The first kappa shape index (κ1) is 33.0. The van der Waals surface area contributed by atoms with E-state index in [9.17, 15) is 19.2 Å². The predicted octanol–water partition coefficient (Wildman–Crippen LogP) is 5.73. The Morgan fingerprint density at radius 2 is 1.56 bits per heavy atom. The number of rotatable bonds is 8. The summed E-state index contributed by atoms with van der Waals surface area (Å²) in [6.45, 7) is 9.08. The lowest BCUT2D eigenvalue weighted by molar-refractivity contribution is -0.128. The van der Waals surface area contributed by atoms with Gasteiger partial charge in [-0.1, -0.05) is 60.7 Å². The number of nitrogens with zero attached hydrogens (tertiary/aromatic N) is 1. The van der Waals surface area contributed by atoms with Crippen LogP contribution in [0.5, 0.6) is 5.75 Å². The number of anilines is 1. The highest BCUT2D eigenvalue weighted by molar-refractivity contribution is 6.00. The molecule has 3 aromatic carbocycles. The third-order valence-electron chi connectivity index (χ3n) is 7.23. The number of para-hydroxylation sites is 2. The van der Waals surface area contributed by atoms with Crippen LogP contribution < -0.4 is 25.6 Å². The maximum absolute atomic E-state index is 14.0. The maximum Gasteiger partial charge on any atom is 0.412 e. The summed E-state index contributed by atoms with van der Waals surface area (Å²) in [6.07, 6.45) is -0.138. The number of aryl methyl sites for hydroxylation is 1. The quantitative estimate of drug-likeness (QED) is 0.298. The number of alkyl carbamates (subject to hydrolysis) is 1. The van der Waals surface area contributed by atoms with Crippen molar-refractivity contribution in [2.75, 3.05) is 11.9 Å². The van der Waals surface area contributed by atoms with Crippen molar-refractivity contribution in [2.24, 2.45) is 0 Å². The largest absolute Gasteiger partial charge is 0.444 e. The first-order chi connectivity index (χ1) is 21.2. The molecule has 0 aliphatic carbocycles. The van der Waals surface area contributed by atoms with Gasteiger partial charge in [0.15, 0.2) is 0 Å². The molecule has 0 aromatic heterocycles. The van der Waals surface area contributed by atoms with Crippen LogP contribution in [0.3, 0.4) is 0 Å². The van der Waals surface area contributed by atoms with E-state index in [2.05, 4.69) is 16.0 Å². The van der Waals surface area contributed by atoms with Crippen molar-refractivity contribution in [1.29, 1.82) is 0 Å². The molecule has 4 amide bonds. The van der Waals surface area contributed by atoms with Crippen molar-refractivity contribution in [3.63, 3.8) is 0 Å². The van der Waals surface area contributed by atoms with Crippen LogP contribution >= 0.6 is 0 Å². The molecule has 10 nitrogen and oxygen atoms in total. The second kappa shape index (κ2) is 13.8. The van der Waals surface area contributed by atoms with E-state index in [0.717, 1.165) is 27.9 Å². The van der Waals surface area contributed by atoms with E-state index < -0.39 is 29.4 Å². The van der Waals surface area contributed by atoms with Gasteiger partial charge in [0.25, 0.3) is 0 Å². The molecule has 0 saturated heterocycles. The van der Waals surface area contributed by atoms with Gasteiger partial charge in [0.2, 0.25) is 11.8 Å². The van der Waals surface area contributed by atoms with Gasteiger partial charge < -0.3 is 30.3 Å². The van der Waals surface area contributed by atoms with Crippen LogP contribution in [-0.4, -0.2) is 48.2 Å². The van der Waals surface area contributed by atoms with Crippen LogP contribution in [0.15, 0.2) is 72.8 Å². The molecular weight excluding hydrogens is 572 g/mol. The summed E-state index contributed by atoms with van der Waals surface area (Å²) in [5.41, 5.74) is 2.77. The Labute approximate surface area is 264 Å². The molecule has 4 rings (SSSR count). The van der Waals surface area contributed by atoms with E-state index in [1.165, 1.54) is 7.05 Å². The van der Waals surface area contributed by atoms with Gasteiger partial charge in [0, 0.05) is 30.3 Å².